The number of likely N-dealkylation sites (tertiary alicyclic amines) is 1. The molecule has 0 radical (unpaired) electrons. The number of amides is 1. The number of aliphatic carboxylic acids is 1. The van der Waals surface area contributed by atoms with Crippen molar-refractivity contribution in [3.05, 3.63) is 0 Å². The van der Waals surface area contributed by atoms with E-state index in [0.29, 0.717) is 13.0 Å². The second kappa shape index (κ2) is 7.33. The van der Waals surface area contributed by atoms with Crippen molar-refractivity contribution < 1.29 is 19.4 Å². The molecule has 0 bridgehead atoms. The van der Waals surface area contributed by atoms with E-state index in [1.54, 1.807) is 0 Å². The number of nitrogens with zero attached hydrogens (tertiary/aromatic N) is 1. The Labute approximate surface area is 107 Å². The van der Waals surface area contributed by atoms with Crippen LogP contribution in [0, 0.1) is 0 Å². The van der Waals surface area contributed by atoms with Gasteiger partial charge in [-0.3, -0.25) is 9.59 Å². The summed E-state index contributed by atoms with van der Waals surface area (Å²) in [5.74, 6) is -0.961. The lowest BCUT2D eigenvalue weighted by molar-refractivity contribution is -0.137. The zero-order chi connectivity index (χ0) is 13.5. The Morgan fingerprint density at radius 1 is 1.39 bits per heavy atom. The molecule has 0 unspecified atom stereocenters. The molecule has 2 atom stereocenters. The molecule has 1 saturated heterocycles. The summed E-state index contributed by atoms with van der Waals surface area (Å²) in [7, 11) is 1.99. The molecular weight excluding hydrogens is 236 g/mol. The zero-order valence-electron chi connectivity index (χ0n) is 11.0. The van der Waals surface area contributed by atoms with Crippen LogP contribution in [0.3, 0.4) is 0 Å². The molecular formula is C12H22N2O4. The Morgan fingerprint density at radius 2 is 2.11 bits per heavy atom. The molecule has 0 aromatic carbocycles. The number of carbonyl (C=O) groups excluding carboxylic acids is 1. The maximum absolute atomic E-state index is 11.7. The Morgan fingerprint density at radius 3 is 2.72 bits per heavy atom. The SMILES string of the molecule is CCO[C@H]1CN(C)C[C@@H]1NC(=O)CCCC(=O)O. The third-order valence-corrected chi connectivity index (χ3v) is 2.97. The normalized spacial score (nSPS) is 24.1. The number of nitrogens with one attached hydrogen (secondary N) is 1. The highest BCUT2D eigenvalue weighted by Gasteiger charge is 2.32. The van der Waals surface area contributed by atoms with E-state index in [1.165, 1.54) is 0 Å². The first-order chi connectivity index (χ1) is 8.52. The topological polar surface area (TPSA) is 78.9 Å². The van der Waals surface area contributed by atoms with Crippen LogP contribution in [0.1, 0.15) is 26.2 Å². The maximum Gasteiger partial charge on any atom is 0.303 e. The molecule has 6 nitrogen and oxygen atoms in total. The van der Waals surface area contributed by atoms with Crippen LogP contribution in [0.4, 0.5) is 0 Å². The molecule has 2 N–H and O–H groups in total. The molecule has 1 amide bonds. The predicted molar refractivity (Wildman–Crippen MR) is 66.3 cm³/mol. The lowest BCUT2D eigenvalue weighted by Crippen LogP contribution is -2.43. The van der Waals surface area contributed by atoms with E-state index < -0.39 is 5.97 Å². The van der Waals surface area contributed by atoms with Crippen LogP contribution in [0.5, 0.6) is 0 Å². The number of carboxylic acids is 1. The van der Waals surface area contributed by atoms with Gasteiger partial charge in [0.25, 0.3) is 0 Å². The van der Waals surface area contributed by atoms with Crippen molar-refractivity contribution >= 4 is 11.9 Å². The van der Waals surface area contributed by atoms with Crippen LogP contribution in [0.2, 0.25) is 0 Å². The second-order valence-corrected chi connectivity index (χ2v) is 4.64. The molecule has 0 saturated carbocycles. The van der Waals surface area contributed by atoms with E-state index in [0.717, 1.165) is 13.1 Å². The number of carboxylic acid groups (broad SMARTS) is 1. The van der Waals surface area contributed by atoms with Gasteiger partial charge in [0, 0.05) is 32.5 Å². The highest BCUT2D eigenvalue weighted by molar-refractivity contribution is 5.77. The maximum atomic E-state index is 11.7. The van der Waals surface area contributed by atoms with Crippen molar-refractivity contribution in [1.82, 2.24) is 10.2 Å². The third-order valence-electron chi connectivity index (χ3n) is 2.97. The van der Waals surface area contributed by atoms with Gasteiger partial charge >= 0.3 is 5.97 Å². The molecule has 18 heavy (non-hydrogen) atoms. The molecule has 1 rings (SSSR count). The van der Waals surface area contributed by atoms with Crippen molar-refractivity contribution in [2.24, 2.45) is 0 Å². The number of carbonyl (C=O) groups is 2. The summed E-state index contributed by atoms with van der Waals surface area (Å²) in [6, 6.07) is 0.00674. The van der Waals surface area contributed by atoms with Gasteiger partial charge in [-0.25, -0.2) is 0 Å². The number of rotatable bonds is 7. The third kappa shape index (κ3) is 5.01. The molecule has 1 heterocycles. The summed E-state index contributed by atoms with van der Waals surface area (Å²) in [6.45, 7) is 4.15. The molecule has 0 spiro atoms. The summed E-state index contributed by atoms with van der Waals surface area (Å²) < 4.78 is 5.58. The average Bonchev–Trinajstić information content (AvgIpc) is 2.59. The fourth-order valence-corrected chi connectivity index (χ4v) is 2.16. The van der Waals surface area contributed by atoms with Crippen molar-refractivity contribution in [3.8, 4) is 0 Å². The molecule has 0 aromatic heterocycles. The average molecular weight is 258 g/mol. The van der Waals surface area contributed by atoms with Crippen molar-refractivity contribution in [3.63, 3.8) is 0 Å². The van der Waals surface area contributed by atoms with Crippen molar-refractivity contribution in [2.45, 2.75) is 38.3 Å². The fourth-order valence-electron chi connectivity index (χ4n) is 2.16. The quantitative estimate of drug-likeness (QED) is 0.676. The van der Waals surface area contributed by atoms with Gasteiger partial charge in [-0.05, 0) is 20.4 Å². The van der Waals surface area contributed by atoms with Crippen LogP contribution in [-0.2, 0) is 14.3 Å². The van der Waals surface area contributed by atoms with Gasteiger partial charge in [0.1, 0.15) is 0 Å². The van der Waals surface area contributed by atoms with E-state index in [4.69, 9.17) is 9.84 Å². The van der Waals surface area contributed by atoms with E-state index in [2.05, 4.69) is 10.2 Å². The lowest BCUT2D eigenvalue weighted by atomic mass is 10.2. The van der Waals surface area contributed by atoms with E-state index >= 15 is 0 Å². The highest BCUT2D eigenvalue weighted by Crippen LogP contribution is 2.12. The lowest BCUT2D eigenvalue weighted by Gasteiger charge is -2.19. The molecule has 6 heteroatoms. The van der Waals surface area contributed by atoms with Gasteiger partial charge in [0.05, 0.1) is 12.1 Å². The minimum Gasteiger partial charge on any atom is -0.481 e. The van der Waals surface area contributed by atoms with Crippen molar-refractivity contribution in [1.29, 1.82) is 0 Å². The first-order valence-electron chi connectivity index (χ1n) is 6.34. The molecule has 1 fully saturated rings. The molecule has 1 aliphatic heterocycles. The van der Waals surface area contributed by atoms with E-state index in [1.807, 2.05) is 14.0 Å². The second-order valence-electron chi connectivity index (χ2n) is 4.64. The summed E-state index contributed by atoms with van der Waals surface area (Å²) >= 11 is 0. The molecule has 104 valence electrons. The molecule has 0 aromatic rings. The van der Waals surface area contributed by atoms with Gasteiger partial charge in [-0.2, -0.15) is 0 Å². The van der Waals surface area contributed by atoms with Crippen LogP contribution >= 0.6 is 0 Å². The number of hydrogen-bond donors (Lipinski definition) is 2. The first-order valence-corrected chi connectivity index (χ1v) is 6.34. The zero-order valence-corrected chi connectivity index (χ0v) is 11.0. The van der Waals surface area contributed by atoms with Crippen LogP contribution in [-0.4, -0.2) is 60.8 Å². The standard InChI is InChI=1S/C12H22N2O4/c1-3-18-10-8-14(2)7-9(10)13-11(15)5-4-6-12(16)17/h9-10H,3-8H2,1-2H3,(H,13,15)(H,16,17)/t9-,10-/m0/s1. The Balaban J connectivity index is 2.31. The van der Waals surface area contributed by atoms with Gasteiger partial charge < -0.3 is 20.1 Å². The van der Waals surface area contributed by atoms with Gasteiger partial charge in [-0.1, -0.05) is 0 Å². The number of likely N-dealkylation sites (N-methyl/N-ethyl adjacent to an activating group) is 1. The summed E-state index contributed by atoms with van der Waals surface area (Å²) in [5.41, 5.74) is 0. The first kappa shape index (κ1) is 14.9. The smallest absolute Gasteiger partial charge is 0.303 e. The van der Waals surface area contributed by atoms with Gasteiger partial charge in [0.2, 0.25) is 5.91 Å². The van der Waals surface area contributed by atoms with Crippen LogP contribution < -0.4 is 5.32 Å². The molecule has 1 aliphatic rings. The molecule has 0 aliphatic carbocycles. The Bertz CT molecular complexity index is 296. The largest absolute Gasteiger partial charge is 0.481 e. The minimum atomic E-state index is -0.865. The summed E-state index contributed by atoms with van der Waals surface area (Å²) in [6.07, 6.45) is 0.699. The van der Waals surface area contributed by atoms with E-state index in [-0.39, 0.29) is 30.9 Å². The summed E-state index contributed by atoms with van der Waals surface area (Å²) in [4.78, 5) is 24.1. The van der Waals surface area contributed by atoms with E-state index in [9.17, 15) is 9.59 Å². The minimum absolute atomic E-state index is 0.00674. The number of ether oxygens (including phenoxy) is 1. The van der Waals surface area contributed by atoms with Crippen LogP contribution in [0.25, 0.3) is 0 Å². The van der Waals surface area contributed by atoms with Crippen LogP contribution in [0.15, 0.2) is 0 Å². The van der Waals surface area contributed by atoms with Crippen molar-refractivity contribution in [2.75, 3.05) is 26.7 Å². The highest BCUT2D eigenvalue weighted by atomic mass is 16.5. The fraction of sp³-hybridized carbons (Fsp3) is 0.833. The Hall–Kier alpha value is -1.14. The Kier molecular flexibility index (Phi) is 6.07. The predicted octanol–water partition coefficient (Wildman–Crippen LogP) is 0.0766. The monoisotopic (exact) mass is 258 g/mol. The van der Waals surface area contributed by atoms with Gasteiger partial charge in [0.15, 0.2) is 0 Å². The summed E-state index contributed by atoms with van der Waals surface area (Å²) in [5, 5.41) is 11.4. The van der Waals surface area contributed by atoms with Gasteiger partial charge in [-0.15, -0.1) is 0 Å². The number of hydrogen-bond acceptors (Lipinski definition) is 4.